The first-order valence-corrected chi connectivity index (χ1v) is 6.15. The van der Waals surface area contributed by atoms with Gasteiger partial charge in [0.2, 0.25) is 0 Å². The summed E-state index contributed by atoms with van der Waals surface area (Å²) < 4.78 is 22.7. The number of hydrogen-bond donors (Lipinski definition) is 1. The second-order valence-electron chi connectivity index (χ2n) is 3.45. The van der Waals surface area contributed by atoms with Crippen molar-refractivity contribution in [2.75, 3.05) is 6.26 Å². The van der Waals surface area contributed by atoms with Crippen LogP contribution in [-0.2, 0) is 9.84 Å². The number of hydrogen-bond acceptors (Lipinski definition) is 2. The lowest BCUT2D eigenvalue weighted by molar-refractivity contribution is 0.602. The Kier molecular flexibility index (Phi) is 1.89. The second kappa shape index (κ2) is 2.85. The van der Waals surface area contributed by atoms with Gasteiger partial charge in [-0.2, -0.15) is 0 Å². The molecule has 14 heavy (non-hydrogen) atoms. The maximum absolute atomic E-state index is 11.3. The molecule has 1 aromatic heterocycles. The molecule has 0 unspecified atom stereocenters. The van der Waals surface area contributed by atoms with Gasteiger partial charge in [0.15, 0.2) is 9.84 Å². The number of sulfone groups is 1. The number of benzene rings is 1. The van der Waals surface area contributed by atoms with Crippen molar-refractivity contribution in [3.8, 4) is 0 Å². The zero-order chi connectivity index (χ0) is 10.3. The molecule has 0 radical (unpaired) electrons. The summed E-state index contributed by atoms with van der Waals surface area (Å²) in [7, 11) is -3.11. The predicted molar refractivity (Wildman–Crippen MR) is 56.1 cm³/mol. The molecule has 3 nitrogen and oxygen atoms in total. The molecule has 2 aromatic rings. The Hall–Kier alpha value is -1.29. The minimum atomic E-state index is -3.11. The molecule has 1 heterocycles. The highest BCUT2D eigenvalue weighted by atomic mass is 32.2. The van der Waals surface area contributed by atoms with E-state index in [0.29, 0.717) is 4.90 Å². The van der Waals surface area contributed by atoms with Crippen molar-refractivity contribution in [1.29, 1.82) is 0 Å². The van der Waals surface area contributed by atoms with Gasteiger partial charge < -0.3 is 4.98 Å². The van der Waals surface area contributed by atoms with E-state index in [9.17, 15) is 8.42 Å². The summed E-state index contributed by atoms with van der Waals surface area (Å²) >= 11 is 0. The minimum Gasteiger partial charge on any atom is -0.361 e. The normalized spacial score (nSPS) is 12.1. The number of nitrogens with one attached hydrogen (secondary N) is 1. The van der Waals surface area contributed by atoms with Crippen LogP contribution in [0.1, 0.15) is 5.56 Å². The first kappa shape index (κ1) is 9.27. The van der Waals surface area contributed by atoms with Gasteiger partial charge in [-0.15, -0.1) is 0 Å². The van der Waals surface area contributed by atoms with Crippen molar-refractivity contribution in [3.63, 3.8) is 0 Å². The summed E-state index contributed by atoms with van der Waals surface area (Å²) in [6.45, 7) is 1.91. The van der Waals surface area contributed by atoms with E-state index in [1.807, 2.05) is 19.2 Å². The van der Waals surface area contributed by atoms with Crippen molar-refractivity contribution in [1.82, 2.24) is 4.98 Å². The molecule has 0 saturated carbocycles. The van der Waals surface area contributed by atoms with Crippen LogP contribution in [0.15, 0.2) is 29.3 Å². The van der Waals surface area contributed by atoms with E-state index in [0.717, 1.165) is 16.5 Å². The number of fused-ring (bicyclic) bond motifs is 1. The first-order valence-electron chi connectivity index (χ1n) is 4.26. The molecule has 1 N–H and O–H groups in total. The van der Waals surface area contributed by atoms with Crippen LogP contribution in [0.3, 0.4) is 0 Å². The van der Waals surface area contributed by atoms with Crippen LogP contribution in [0.5, 0.6) is 0 Å². The highest BCUT2D eigenvalue weighted by molar-refractivity contribution is 7.90. The van der Waals surface area contributed by atoms with Gasteiger partial charge in [0.1, 0.15) is 0 Å². The molecule has 4 heteroatoms. The van der Waals surface area contributed by atoms with Gasteiger partial charge in [-0.3, -0.25) is 0 Å². The summed E-state index contributed by atoms with van der Waals surface area (Å²) in [5.74, 6) is 0. The summed E-state index contributed by atoms with van der Waals surface area (Å²) in [5, 5.41) is 1.07. The van der Waals surface area contributed by atoms with Crippen LogP contribution >= 0.6 is 0 Å². The van der Waals surface area contributed by atoms with Crippen molar-refractivity contribution in [3.05, 3.63) is 30.0 Å². The van der Waals surface area contributed by atoms with E-state index in [-0.39, 0.29) is 0 Å². The average Bonchev–Trinajstić information content (AvgIpc) is 2.50. The summed E-state index contributed by atoms with van der Waals surface area (Å²) in [6.07, 6.45) is 3.03. The SMILES string of the molecule is Cc1cc(S(C)(=O)=O)cc2[nH]ccc12. The molecule has 0 spiro atoms. The molecule has 0 saturated heterocycles. The molecule has 0 amide bonds. The van der Waals surface area contributed by atoms with Gasteiger partial charge >= 0.3 is 0 Å². The lowest BCUT2D eigenvalue weighted by Gasteiger charge is -2.01. The monoisotopic (exact) mass is 209 g/mol. The highest BCUT2D eigenvalue weighted by Crippen LogP contribution is 2.21. The highest BCUT2D eigenvalue weighted by Gasteiger charge is 2.09. The third-order valence-corrected chi connectivity index (χ3v) is 3.37. The Labute approximate surface area is 82.7 Å². The van der Waals surface area contributed by atoms with E-state index in [4.69, 9.17) is 0 Å². The van der Waals surface area contributed by atoms with E-state index in [1.165, 1.54) is 6.26 Å². The Morgan fingerprint density at radius 2 is 2.00 bits per heavy atom. The summed E-state index contributed by atoms with van der Waals surface area (Å²) in [4.78, 5) is 3.37. The van der Waals surface area contributed by atoms with E-state index < -0.39 is 9.84 Å². The van der Waals surface area contributed by atoms with Gasteiger partial charge in [0.05, 0.1) is 4.90 Å². The fraction of sp³-hybridized carbons (Fsp3) is 0.200. The quantitative estimate of drug-likeness (QED) is 0.779. The van der Waals surface area contributed by atoms with Crippen LogP contribution < -0.4 is 0 Å². The van der Waals surface area contributed by atoms with Crippen molar-refractivity contribution < 1.29 is 8.42 Å². The zero-order valence-corrected chi connectivity index (χ0v) is 8.85. The fourth-order valence-corrected chi connectivity index (χ4v) is 2.26. The molecule has 1 aromatic carbocycles. The molecular weight excluding hydrogens is 198 g/mol. The fourth-order valence-electron chi connectivity index (χ4n) is 1.53. The van der Waals surface area contributed by atoms with E-state index in [2.05, 4.69) is 4.98 Å². The number of aromatic amines is 1. The lowest BCUT2D eigenvalue weighted by atomic mass is 10.1. The van der Waals surface area contributed by atoms with Gasteiger partial charge in [-0.05, 0) is 30.7 Å². The van der Waals surface area contributed by atoms with Crippen LogP contribution in [0.25, 0.3) is 10.9 Å². The zero-order valence-electron chi connectivity index (χ0n) is 8.03. The van der Waals surface area contributed by atoms with Crippen LogP contribution in [0, 0.1) is 6.92 Å². The Balaban J connectivity index is 2.83. The summed E-state index contributed by atoms with van der Waals surface area (Å²) in [6, 6.07) is 5.31. The maximum atomic E-state index is 11.3. The van der Waals surface area contributed by atoms with Gasteiger partial charge in [-0.1, -0.05) is 0 Å². The Morgan fingerprint density at radius 1 is 1.29 bits per heavy atom. The van der Waals surface area contributed by atoms with E-state index in [1.54, 1.807) is 12.1 Å². The summed E-state index contributed by atoms with van der Waals surface area (Å²) in [5.41, 5.74) is 1.84. The second-order valence-corrected chi connectivity index (χ2v) is 5.47. The standard InChI is InChI=1S/C10H11NO2S/c1-7-5-8(14(2,12)13)6-10-9(7)3-4-11-10/h3-6,11H,1-2H3. The Bertz CT molecular complexity index is 581. The molecule has 74 valence electrons. The van der Waals surface area contributed by atoms with Gasteiger partial charge in [-0.25, -0.2) is 8.42 Å². The molecule has 2 rings (SSSR count). The third-order valence-electron chi connectivity index (χ3n) is 2.28. The largest absolute Gasteiger partial charge is 0.361 e. The lowest BCUT2D eigenvalue weighted by Crippen LogP contribution is -1.97. The molecule has 0 aliphatic heterocycles. The average molecular weight is 209 g/mol. The molecular formula is C10H11NO2S. The van der Waals surface area contributed by atoms with Gasteiger partial charge in [0, 0.05) is 23.4 Å². The molecule has 0 aliphatic carbocycles. The Morgan fingerprint density at radius 3 is 2.64 bits per heavy atom. The number of H-pyrrole nitrogens is 1. The molecule has 0 bridgehead atoms. The van der Waals surface area contributed by atoms with Crippen LogP contribution in [0.4, 0.5) is 0 Å². The topological polar surface area (TPSA) is 49.9 Å². The number of rotatable bonds is 1. The third kappa shape index (κ3) is 1.42. The minimum absolute atomic E-state index is 0.366. The molecule has 0 fully saturated rings. The van der Waals surface area contributed by atoms with Crippen molar-refractivity contribution in [2.45, 2.75) is 11.8 Å². The molecule has 0 atom stereocenters. The smallest absolute Gasteiger partial charge is 0.175 e. The van der Waals surface area contributed by atoms with Crippen LogP contribution in [0.2, 0.25) is 0 Å². The van der Waals surface area contributed by atoms with Crippen molar-refractivity contribution in [2.24, 2.45) is 0 Å². The van der Waals surface area contributed by atoms with Crippen LogP contribution in [-0.4, -0.2) is 19.7 Å². The first-order chi connectivity index (χ1) is 6.48. The van der Waals surface area contributed by atoms with Gasteiger partial charge in [0.25, 0.3) is 0 Å². The number of aryl methyl sites for hydroxylation is 1. The maximum Gasteiger partial charge on any atom is 0.175 e. The molecule has 0 aliphatic rings. The number of aromatic nitrogens is 1. The van der Waals surface area contributed by atoms with Crippen molar-refractivity contribution >= 4 is 20.7 Å². The van der Waals surface area contributed by atoms with E-state index >= 15 is 0 Å². The predicted octanol–water partition coefficient (Wildman–Crippen LogP) is 1.88.